The molecule has 1 fully saturated rings. The lowest BCUT2D eigenvalue weighted by Crippen LogP contribution is -2.51. The van der Waals surface area contributed by atoms with E-state index in [2.05, 4.69) is 33.4 Å². The zero-order valence-corrected chi connectivity index (χ0v) is 21.8. The van der Waals surface area contributed by atoms with E-state index in [1.54, 1.807) is 12.1 Å². The van der Waals surface area contributed by atoms with Gasteiger partial charge in [0, 0.05) is 27.0 Å². The van der Waals surface area contributed by atoms with Crippen molar-refractivity contribution in [2.24, 2.45) is 5.92 Å². The van der Waals surface area contributed by atoms with Crippen LogP contribution in [-0.4, -0.2) is 29.6 Å². The molecule has 1 N–H and O–H groups in total. The zero-order chi connectivity index (χ0) is 25.4. The number of fused-ring (bicyclic) bond motifs is 6. The Morgan fingerprint density at radius 3 is 2.44 bits per heavy atom. The number of rotatable bonds is 3. The Morgan fingerprint density at radius 1 is 1.00 bits per heavy atom. The topological polar surface area (TPSA) is 66.5 Å². The standard InChI is InChI=1S/C30H25BrN2O3/c1-16-8-13-24-21(14-16)17(2)15-25-30(22-6-4-5-7-23(22)32-29(30)36)26(27(18(3)34)33(24)25)28(35)19-9-11-20(31)12-10-19/h4-15,25-27H,1-3H3,(H,32,36). The van der Waals surface area contributed by atoms with E-state index in [0.717, 1.165) is 32.4 Å². The van der Waals surface area contributed by atoms with Gasteiger partial charge in [-0.1, -0.05) is 64.0 Å². The number of halogens is 1. The van der Waals surface area contributed by atoms with Gasteiger partial charge in [0.05, 0.1) is 18.0 Å². The molecule has 1 saturated heterocycles. The third kappa shape index (κ3) is 2.97. The number of carbonyl (C=O) groups excluding carboxylic acids is 3. The quantitative estimate of drug-likeness (QED) is 0.432. The molecule has 180 valence electrons. The first-order valence-corrected chi connectivity index (χ1v) is 12.8. The van der Waals surface area contributed by atoms with Gasteiger partial charge in [-0.05, 0) is 62.2 Å². The van der Waals surface area contributed by atoms with Crippen LogP contribution in [0.1, 0.15) is 40.9 Å². The molecule has 0 saturated carbocycles. The average Bonchev–Trinajstić information content (AvgIpc) is 3.32. The highest BCUT2D eigenvalue weighted by molar-refractivity contribution is 9.10. The summed E-state index contributed by atoms with van der Waals surface area (Å²) in [7, 11) is 0. The molecule has 0 bridgehead atoms. The van der Waals surface area contributed by atoms with Crippen LogP contribution in [0.5, 0.6) is 0 Å². The highest BCUT2D eigenvalue weighted by atomic mass is 79.9. The Balaban J connectivity index is 1.68. The van der Waals surface area contributed by atoms with Crippen molar-refractivity contribution in [1.29, 1.82) is 0 Å². The van der Waals surface area contributed by atoms with Gasteiger partial charge >= 0.3 is 0 Å². The van der Waals surface area contributed by atoms with Gasteiger partial charge in [-0.2, -0.15) is 0 Å². The molecule has 3 aromatic rings. The molecule has 5 nitrogen and oxygen atoms in total. The van der Waals surface area contributed by atoms with E-state index < -0.39 is 23.4 Å². The van der Waals surface area contributed by atoms with E-state index in [1.807, 2.05) is 67.3 Å². The number of Topliss-reactive ketones (excluding diaryl/α,β-unsaturated/α-hetero) is 2. The minimum absolute atomic E-state index is 0.135. The van der Waals surface area contributed by atoms with Gasteiger partial charge in [0.2, 0.25) is 5.91 Å². The molecule has 36 heavy (non-hydrogen) atoms. The van der Waals surface area contributed by atoms with E-state index in [1.165, 1.54) is 6.92 Å². The van der Waals surface area contributed by atoms with Crippen molar-refractivity contribution < 1.29 is 14.4 Å². The molecule has 3 heterocycles. The highest BCUT2D eigenvalue weighted by Gasteiger charge is 2.70. The highest BCUT2D eigenvalue weighted by Crippen LogP contribution is 2.58. The lowest BCUT2D eigenvalue weighted by molar-refractivity contribution is -0.122. The third-order valence-corrected chi connectivity index (χ3v) is 8.49. The van der Waals surface area contributed by atoms with Crippen LogP contribution in [0.25, 0.3) is 5.57 Å². The second-order valence-electron chi connectivity index (χ2n) is 10.00. The summed E-state index contributed by atoms with van der Waals surface area (Å²) in [4.78, 5) is 44.0. The van der Waals surface area contributed by atoms with Gasteiger partial charge in [0.25, 0.3) is 0 Å². The summed E-state index contributed by atoms with van der Waals surface area (Å²) in [6.45, 7) is 5.60. The van der Waals surface area contributed by atoms with Gasteiger partial charge in [0.1, 0.15) is 5.41 Å². The fourth-order valence-electron chi connectivity index (χ4n) is 6.49. The summed E-state index contributed by atoms with van der Waals surface area (Å²) in [6.07, 6.45) is 2.08. The number of amides is 1. The van der Waals surface area contributed by atoms with Crippen LogP contribution in [0.4, 0.5) is 11.4 Å². The molecule has 3 aliphatic heterocycles. The number of hydrogen-bond acceptors (Lipinski definition) is 4. The van der Waals surface area contributed by atoms with Crippen molar-refractivity contribution in [3.05, 3.63) is 99.5 Å². The van der Waals surface area contributed by atoms with Crippen molar-refractivity contribution in [1.82, 2.24) is 0 Å². The number of nitrogens with zero attached hydrogens (tertiary/aromatic N) is 1. The van der Waals surface area contributed by atoms with Crippen LogP contribution in [0.3, 0.4) is 0 Å². The van der Waals surface area contributed by atoms with Crippen LogP contribution in [0.15, 0.2) is 77.3 Å². The maximum atomic E-state index is 14.4. The molecule has 6 rings (SSSR count). The lowest BCUT2D eigenvalue weighted by Gasteiger charge is -2.39. The van der Waals surface area contributed by atoms with Crippen LogP contribution in [-0.2, 0) is 15.0 Å². The summed E-state index contributed by atoms with van der Waals surface area (Å²) in [5.74, 6) is -1.48. The fourth-order valence-corrected chi connectivity index (χ4v) is 6.76. The first-order valence-electron chi connectivity index (χ1n) is 12.0. The van der Waals surface area contributed by atoms with Crippen molar-refractivity contribution in [3.8, 4) is 0 Å². The van der Waals surface area contributed by atoms with E-state index in [-0.39, 0.29) is 17.5 Å². The number of anilines is 2. The molecule has 4 unspecified atom stereocenters. The first kappa shape index (κ1) is 22.9. The monoisotopic (exact) mass is 540 g/mol. The minimum atomic E-state index is -1.25. The third-order valence-electron chi connectivity index (χ3n) is 7.96. The molecule has 0 aromatic heterocycles. The predicted octanol–water partition coefficient (Wildman–Crippen LogP) is 5.71. The summed E-state index contributed by atoms with van der Waals surface area (Å²) < 4.78 is 0.854. The van der Waals surface area contributed by atoms with E-state index >= 15 is 0 Å². The lowest BCUT2D eigenvalue weighted by atomic mass is 9.64. The normalized spacial score (nSPS) is 25.7. The summed E-state index contributed by atoms with van der Waals surface area (Å²) in [5.41, 5.74) is 4.75. The fraction of sp³-hybridized carbons (Fsp3) is 0.233. The average molecular weight is 541 g/mol. The maximum Gasteiger partial charge on any atom is 0.238 e. The molecule has 4 atom stereocenters. The Labute approximate surface area is 218 Å². The van der Waals surface area contributed by atoms with Gasteiger partial charge in [-0.3, -0.25) is 14.4 Å². The molecule has 1 amide bonds. The number of para-hydroxylation sites is 1. The molecule has 3 aliphatic rings. The summed E-state index contributed by atoms with van der Waals surface area (Å²) in [6, 6.07) is 19.5. The van der Waals surface area contributed by atoms with Gasteiger partial charge < -0.3 is 10.2 Å². The first-order chi connectivity index (χ1) is 17.2. The van der Waals surface area contributed by atoms with E-state index in [0.29, 0.717) is 11.3 Å². The maximum absolute atomic E-state index is 14.4. The second kappa shape index (κ2) is 8.00. The number of ketones is 2. The van der Waals surface area contributed by atoms with Crippen molar-refractivity contribution in [2.75, 3.05) is 10.2 Å². The van der Waals surface area contributed by atoms with Crippen LogP contribution >= 0.6 is 15.9 Å². The Bertz CT molecular complexity index is 1490. The molecule has 0 radical (unpaired) electrons. The van der Waals surface area contributed by atoms with Crippen molar-refractivity contribution in [3.63, 3.8) is 0 Å². The second-order valence-corrected chi connectivity index (χ2v) is 10.9. The molecular weight excluding hydrogens is 516 g/mol. The Morgan fingerprint density at radius 2 is 1.72 bits per heavy atom. The predicted molar refractivity (Wildman–Crippen MR) is 144 cm³/mol. The minimum Gasteiger partial charge on any atom is -0.352 e. The number of benzene rings is 3. The number of hydrogen-bond donors (Lipinski definition) is 1. The number of nitrogens with one attached hydrogen (secondary N) is 1. The zero-order valence-electron chi connectivity index (χ0n) is 20.2. The Hall–Kier alpha value is -3.51. The van der Waals surface area contributed by atoms with Gasteiger partial charge in [-0.15, -0.1) is 0 Å². The SMILES string of the molecule is CC(=O)C1C(C(=O)c2ccc(Br)cc2)C2(C(=O)Nc3ccccc32)C2C=C(C)c3cc(C)ccc3N12. The number of carbonyl (C=O) groups is 3. The number of allylic oxidation sites excluding steroid dienone is 1. The van der Waals surface area contributed by atoms with Crippen LogP contribution in [0, 0.1) is 12.8 Å². The van der Waals surface area contributed by atoms with Crippen LogP contribution < -0.4 is 10.2 Å². The van der Waals surface area contributed by atoms with Gasteiger partial charge in [-0.25, -0.2) is 0 Å². The largest absolute Gasteiger partial charge is 0.352 e. The molecule has 3 aromatic carbocycles. The molecule has 6 heteroatoms. The molecular formula is C30H25BrN2O3. The van der Waals surface area contributed by atoms with Crippen molar-refractivity contribution in [2.45, 2.75) is 38.3 Å². The van der Waals surface area contributed by atoms with E-state index in [9.17, 15) is 14.4 Å². The summed E-state index contributed by atoms with van der Waals surface area (Å²) in [5, 5.41) is 3.05. The smallest absolute Gasteiger partial charge is 0.238 e. The molecule has 1 spiro atoms. The van der Waals surface area contributed by atoms with E-state index in [4.69, 9.17) is 0 Å². The number of aryl methyl sites for hydroxylation is 1. The van der Waals surface area contributed by atoms with Crippen LogP contribution in [0.2, 0.25) is 0 Å². The van der Waals surface area contributed by atoms with Crippen molar-refractivity contribution >= 4 is 50.4 Å². The Kier molecular flexibility index (Phi) is 5.09. The van der Waals surface area contributed by atoms with Gasteiger partial charge in [0.15, 0.2) is 11.6 Å². The summed E-state index contributed by atoms with van der Waals surface area (Å²) >= 11 is 3.44. The molecule has 0 aliphatic carbocycles.